The van der Waals surface area contributed by atoms with E-state index in [2.05, 4.69) is 5.32 Å². The monoisotopic (exact) mass is 399 g/mol. The van der Waals surface area contributed by atoms with E-state index in [1.54, 1.807) is 11.9 Å². The van der Waals surface area contributed by atoms with Gasteiger partial charge >= 0.3 is 0 Å². The first-order valence-electron chi connectivity index (χ1n) is 9.09. The first kappa shape index (κ1) is 20.1. The smallest absolute Gasteiger partial charge is 0.269 e. The van der Waals surface area contributed by atoms with E-state index in [0.717, 1.165) is 5.56 Å². The number of hydrogen-bond donors (Lipinski definition) is 1. The molecule has 0 spiro atoms. The van der Waals surface area contributed by atoms with Crippen LogP contribution < -0.4 is 14.8 Å². The average molecular weight is 399 g/mol. The van der Waals surface area contributed by atoms with Gasteiger partial charge in [-0.15, -0.1) is 0 Å². The lowest BCUT2D eigenvalue weighted by Gasteiger charge is -2.21. The molecule has 0 saturated carbocycles. The van der Waals surface area contributed by atoms with Crippen molar-refractivity contribution in [1.29, 1.82) is 0 Å². The van der Waals surface area contributed by atoms with Crippen LogP contribution >= 0.6 is 0 Å². The first-order valence-corrected chi connectivity index (χ1v) is 9.09. The van der Waals surface area contributed by atoms with Gasteiger partial charge in [-0.25, -0.2) is 0 Å². The van der Waals surface area contributed by atoms with Crippen molar-refractivity contribution in [3.8, 4) is 11.5 Å². The lowest BCUT2D eigenvalue weighted by atomic mass is 10.1. The van der Waals surface area contributed by atoms with Crippen molar-refractivity contribution < 1.29 is 24.0 Å². The summed E-state index contributed by atoms with van der Waals surface area (Å²) < 4.78 is 11.0. The van der Waals surface area contributed by atoms with E-state index in [1.807, 2.05) is 18.2 Å². The number of fused-ring (bicyclic) bond motifs is 1. The molecule has 9 heteroatoms. The van der Waals surface area contributed by atoms with Crippen molar-refractivity contribution in [2.24, 2.45) is 0 Å². The highest BCUT2D eigenvalue weighted by Crippen LogP contribution is 2.31. The van der Waals surface area contributed by atoms with Crippen LogP contribution in [0.5, 0.6) is 11.5 Å². The Bertz CT molecular complexity index is 913. The van der Waals surface area contributed by atoms with Gasteiger partial charge in [-0.3, -0.25) is 19.7 Å². The average Bonchev–Trinajstić information content (AvgIpc) is 2.73. The SMILES string of the molecule is CN(Cc1ccc2c(c1)OCCO2)C(=O)CCNC(=O)c1ccc([N+](=O)[O-])cc1. The Morgan fingerprint density at radius 2 is 1.79 bits per heavy atom. The van der Waals surface area contributed by atoms with Crippen LogP contribution in [0.15, 0.2) is 42.5 Å². The summed E-state index contributed by atoms with van der Waals surface area (Å²) in [4.78, 5) is 36.1. The highest BCUT2D eigenvalue weighted by atomic mass is 16.6. The number of nitrogens with one attached hydrogen (secondary N) is 1. The molecule has 3 rings (SSSR count). The van der Waals surface area contributed by atoms with Crippen LogP contribution in [-0.2, 0) is 11.3 Å². The maximum Gasteiger partial charge on any atom is 0.269 e. The zero-order chi connectivity index (χ0) is 20.8. The standard InChI is InChI=1S/C20H21N3O6/c1-22(13-14-2-7-17-18(12-14)29-11-10-28-17)19(24)8-9-21-20(25)15-3-5-16(6-4-15)23(26)27/h2-7,12H,8-11,13H2,1H3,(H,21,25). The summed E-state index contributed by atoms with van der Waals surface area (Å²) in [6.07, 6.45) is 0.139. The molecule has 1 N–H and O–H groups in total. The van der Waals surface area contributed by atoms with Crippen molar-refractivity contribution in [3.05, 3.63) is 63.7 Å². The van der Waals surface area contributed by atoms with Gasteiger partial charge in [0.2, 0.25) is 5.91 Å². The van der Waals surface area contributed by atoms with Gasteiger partial charge in [-0.05, 0) is 29.8 Å². The molecule has 2 aromatic rings. The van der Waals surface area contributed by atoms with E-state index in [4.69, 9.17) is 9.47 Å². The Morgan fingerprint density at radius 3 is 2.48 bits per heavy atom. The third kappa shape index (κ3) is 5.22. The molecule has 9 nitrogen and oxygen atoms in total. The fourth-order valence-corrected chi connectivity index (χ4v) is 2.86. The van der Waals surface area contributed by atoms with E-state index in [1.165, 1.54) is 24.3 Å². The number of carbonyl (C=O) groups excluding carboxylic acids is 2. The number of amides is 2. The number of nitro benzene ring substituents is 1. The maximum atomic E-state index is 12.3. The molecule has 1 aliphatic rings. The normalized spacial score (nSPS) is 12.2. The molecule has 0 radical (unpaired) electrons. The first-order chi connectivity index (χ1) is 13.9. The van der Waals surface area contributed by atoms with E-state index in [-0.39, 0.29) is 30.5 Å². The molecule has 2 amide bonds. The fraction of sp³-hybridized carbons (Fsp3) is 0.300. The molecule has 0 aliphatic carbocycles. The molecule has 1 aliphatic heterocycles. The predicted octanol–water partition coefficient (Wildman–Crippen LogP) is 2.14. The van der Waals surface area contributed by atoms with Crippen molar-refractivity contribution >= 4 is 17.5 Å². The largest absolute Gasteiger partial charge is 0.486 e. The van der Waals surface area contributed by atoms with Gasteiger partial charge in [0.15, 0.2) is 11.5 Å². The van der Waals surface area contributed by atoms with Crippen LogP contribution in [0.2, 0.25) is 0 Å². The van der Waals surface area contributed by atoms with Crippen LogP contribution in [0.25, 0.3) is 0 Å². The Hall–Kier alpha value is -3.62. The molecule has 0 bridgehead atoms. The number of nitrogens with zero attached hydrogens (tertiary/aromatic N) is 2. The topological polar surface area (TPSA) is 111 Å². The molecule has 152 valence electrons. The van der Waals surface area contributed by atoms with Crippen LogP contribution in [-0.4, -0.2) is 48.4 Å². The second kappa shape index (κ2) is 9.05. The van der Waals surface area contributed by atoms with Crippen LogP contribution in [0, 0.1) is 10.1 Å². The van der Waals surface area contributed by atoms with E-state index < -0.39 is 4.92 Å². The van der Waals surface area contributed by atoms with Crippen molar-refractivity contribution in [3.63, 3.8) is 0 Å². The number of benzene rings is 2. The Labute approximate surface area is 167 Å². The van der Waals surface area contributed by atoms with Crippen LogP contribution in [0.1, 0.15) is 22.3 Å². The summed E-state index contributed by atoms with van der Waals surface area (Å²) >= 11 is 0. The maximum absolute atomic E-state index is 12.3. The number of carbonyl (C=O) groups is 2. The minimum atomic E-state index is -0.530. The van der Waals surface area contributed by atoms with E-state index in [0.29, 0.717) is 36.8 Å². The second-order valence-electron chi connectivity index (χ2n) is 6.54. The summed E-state index contributed by atoms with van der Waals surface area (Å²) in [7, 11) is 1.69. The van der Waals surface area contributed by atoms with Crippen molar-refractivity contribution in [2.75, 3.05) is 26.8 Å². The summed E-state index contributed by atoms with van der Waals surface area (Å²) in [5, 5.41) is 13.3. The lowest BCUT2D eigenvalue weighted by molar-refractivity contribution is -0.384. The third-order valence-electron chi connectivity index (χ3n) is 4.42. The van der Waals surface area contributed by atoms with Gasteiger partial charge < -0.3 is 19.7 Å². The number of rotatable bonds is 7. The van der Waals surface area contributed by atoms with Gasteiger partial charge in [0.25, 0.3) is 11.6 Å². The molecular weight excluding hydrogens is 378 g/mol. The fourth-order valence-electron chi connectivity index (χ4n) is 2.86. The van der Waals surface area contributed by atoms with Crippen molar-refractivity contribution in [2.45, 2.75) is 13.0 Å². The van der Waals surface area contributed by atoms with Crippen LogP contribution in [0.4, 0.5) is 5.69 Å². The summed E-state index contributed by atoms with van der Waals surface area (Å²) in [5.41, 5.74) is 1.13. The Kier molecular flexibility index (Phi) is 6.28. The number of ether oxygens (including phenoxy) is 2. The van der Waals surface area contributed by atoms with Gasteiger partial charge in [0.1, 0.15) is 13.2 Å². The molecule has 0 aromatic heterocycles. The third-order valence-corrected chi connectivity index (χ3v) is 4.42. The number of nitro groups is 1. The molecular formula is C20H21N3O6. The molecule has 0 atom stereocenters. The Balaban J connectivity index is 1.46. The van der Waals surface area contributed by atoms with Gasteiger partial charge in [-0.2, -0.15) is 0 Å². The van der Waals surface area contributed by atoms with Crippen molar-refractivity contribution in [1.82, 2.24) is 10.2 Å². The molecule has 0 saturated heterocycles. The summed E-state index contributed by atoms with van der Waals surface area (Å²) in [6, 6.07) is 10.9. The predicted molar refractivity (Wildman–Crippen MR) is 104 cm³/mol. The molecule has 2 aromatic carbocycles. The molecule has 0 fully saturated rings. The van der Waals surface area contributed by atoms with Gasteiger partial charge in [0.05, 0.1) is 4.92 Å². The quantitative estimate of drug-likeness (QED) is 0.564. The summed E-state index contributed by atoms with van der Waals surface area (Å²) in [6.45, 7) is 1.60. The zero-order valence-corrected chi connectivity index (χ0v) is 15.9. The molecule has 1 heterocycles. The highest BCUT2D eigenvalue weighted by Gasteiger charge is 2.15. The van der Waals surface area contributed by atoms with Gasteiger partial charge in [-0.1, -0.05) is 6.07 Å². The zero-order valence-electron chi connectivity index (χ0n) is 15.9. The Morgan fingerprint density at radius 1 is 1.10 bits per heavy atom. The van der Waals surface area contributed by atoms with E-state index >= 15 is 0 Å². The molecule has 0 unspecified atom stereocenters. The van der Waals surface area contributed by atoms with Gasteiger partial charge in [0, 0.05) is 44.3 Å². The summed E-state index contributed by atoms with van der Waals surface area (Å²) in [5.74, 6) is 0.860. The second-order valence-corrected chi connectivity index (χ2v) is 6.54. The minimum Gasteiger partial charge on any atom is -0.486 e. The number of non-ortho nitro benzene ring substituents is 1. The highest BCUT2D eigenvalue weighted by molar-refractivity contribution is 5.94. The molecule has 29 heavy (non-hydrogen) atoms. The number of hydrogen-bond acceptors (Lipinski definition) is 6. The minimum absolute atomic E-state index is 0.0857. The van der Waals surface area contributed by atoms with E-state index in [9.17, 15) is 19.7 Å². The van der Waals surface area contributed by atoms with Crippen LogP contribution in [0.3, 0.4) is 0 Å². The lowest BCUT2D eigenvalue weighted by Crippen LogP contribution is -2.31.